The number of esters is 1. The zero-order chi connectivity index (χ0) is 42.7. The lowest BCUT2D eigenvalue weighted by atomic mass is 9.98. The number of carbonyl (C=O) groups excluding carboxylic acids is 2. The summed E-state index contributed by atoms with van der Waals surface area (Å²) in [7, 11) is 0. The number of hydrogen-bond donors (Lipinski definition) is 1. The zero-order valence-corrected chi connectivity index (χ0v) is 32.7. The van der Waals surface area contributed by atoms with Crippen LogP contribution in [0.25, 0.3) is 22.3 Å². The first kappa shape index (κ1) is 41.3. The Kier molecular flexibility index (Phi) is 11.7. The molecule has 0 saturated carbocycles. The molecule has 2 aliphatic rings. The minimum Gasteiger partial charge on any atom is -0.461 e. The van der Waals surface area contributed by atoms with Crippen LogP contribution in [0.5, 0.6) is 0 Å². The lowest BCUT2D eigenvalue weighted by molar-refractivity contribution is -0.143. The molecule has 0 aromatic heterocycles. The molecule has 0 spiro atoms. The summed E-state index contributed by atoms with van der Waals surface area (Å²) in [5.41, 5.74) is 6.59. The fraction of sp³-hybridized carbons (Fsp3) is 0.224. The second-order valence-corrected chi connectivity index (χ2v) is 15.3. The van der Waals surface area contributed by atoms with E-state index in [0.29, 0.717) is 12.0 Å². The Bertz CT molecular complexity index is 2430. The van der Waals surface area contributed by atoms with Crippen molar-refractivity contribution < 1.29 is 45.4 Å². The minimum absolute atomic E-state index is 0.105. The van der Waals surface area contributed by atoms with E-state index < -0.39 is 35.5 Å². The number of benzene rings is 6. The quantitative estimate of drug-likeness (QED) is 0.0713. The molecule has 0 heterocycles. The van der Waals surface area contributed by atoms with E-state index >= 15 is 0 Å². The summed E-state index contributed by atoms with van der Waals surface area (Å²) in [6.07, 6.45) is -10.3. The third-order valence-corrected chi connectivity index (χ3v) is 11.3. The van der Waals surface area contributed by atoms with Crippen LogP contribution in [0.1, 0.15) is 73.1 Å². The highest BCUT2D eigenvalue weighted by atomic mass is 19.4. The summed E-state index contributed by atoms with van der Waals surface area (Å²) in [4.78, 5) is 27.7. The van der Waals surface area contributed by atoms with Crippen molar-refractivity contribution in [3.05, 3.63) is 190 Å². The van der Waals surface area contributed by atoms with Crippen LogP contribution in [0.3, 0.4) is 0 Å². The molecule has 61 heavy (non-hydrogen) atoms. The Morgan fingerprint density at radius 3 is 1.43 bits per heavy atom. The summed E-state index contributed by atoms with van der Waals surface area (Å²) in [5, 5.41) is 2.72. The van der Waals surface area contributed by atoms with Crippen LogP contribution in [0.2, 0.25) is 0 Å². The number of nitrogens with one attached hydrogen (secondary N) is 1. The smallest absolute Gasteiger partial charge is 0.416 e. The van der Waals surface area contributed by atoms with Gasteiger partial charge in [-0.2, -0.15) is 26.3 Å². The van der Waals surface area contributed by atoms with Gasteiger partial charge in [-0.3, -0.25) is 4.90 Å². The first-order chi connectivity index (χ1) is 29.3. The third kappa shape index (κ3) is 9.19. The second kappa shape index (κ2) is 17.3. The van der Waals surface area contributed by atoms with Gasteiger partial charge in [-0.05, 0) is 92.4 Å². The maximum Gasteiger partial charge on any atom is 0.416 e. The van der Waals surface area contributed by atoms with E-state index in [9.17, 15) is 35.9 Å². The topological polar surface area (TPSA) is 67.9 Å². The normalized spacial score (nSPS) is 13.4. The van der Waals surface area contributed by atoms with Crippen LogP contribution in [-0.4, -0.2) is 43.3 Å². The van der Waals surface area contributed by atoms with Gasteiger partial charge in [-0.1, -0.05) is 109 Å². The molecule has 6 aromatic carbocycles. The predicted octanol–water partition coefficient (Wildman–Crippen LogP) is 11.6. The molecular formula is C49H40F6N2O4. The molecule has 8 rings (SSSR count). The number of ether oxygens (including phenoxy) is 2. The number of alkyl carbamates (subject to hydrolysis) is 1. The number of hydrogen-bond acceptors (Lipinski definition) is 5. The Balaban J connectivity index is 0.918. The highest BCUT2D eigenvalue weighted by Gasteiger charge is 2.37. The van der Waals surface area contributed by atoms with Crippen LogP contribution >= 0.6 is 0 Å². The monoisotopic (exact) mass is 834 g/mol. The average molecular weight is 835 g/mol. The van der Waals surface area contributed by atoms with E-state index in [-0.39, 0.29) is 68.4 Å². The fourth-order valence-electron chi connectivity index (χ4n) is 8.41. The predicted molar refractivity (Wildman–Crippen MR) is 219 cm³/mol. The highest BCUT2D eigenvalue weighted by Crippen LogP contribution is 2.46. The van der Waals surface area contributed by atoms with Gasteiger partial charge in [0.25, 0.3) is 0 Å². The maximum atomic E-state index is 13.8. The molecule has 2 aliphatic carbocycles. The summed E-state index contributed by atoms with van der Waals surface area (Å²) in [6.45, 7) is 0.414. The number of fused-ring (bicyclic) bond motifs is 6. The number of carbonyl (C=O) groups is 2. The molecule has 6 aromatic rings. The van der Waals surface area contributed by atoms with Crippen molar-refractivity contribution in [1.82, 2.24) is 10.2 Å². The lowest BCUT2D eigenvalue weighted by Crippen LogP contribution is -2.31. The van der Waals surface area contributed by atoms with Crippen LogP contribution < -0.4 is 5.32 Å². The van der Waals surface area contributed by atoms with Crippen molar-refractivity contribution in [1.29, 1.82) is 0 Å². The van der Waals surface area contributed by atoms with Gasteiger partial charge in [-0.25, -0.2) is 9.59 Å². The van der Waals surface area contributed by atoms with Crippen molar-refractivity contribution >= 4 is 12.1 Å². The molecule has 0 saturated heterocycles. The molecular weight excluding hydrogens is 795 g/mol. The van der Waals surface area contributed by atoms with E-state index in [1.165, 1.54) is 0 Å². The second-order valence-electron chi connectivity index (χ2n) is 15.3. The Morgan fingerprint density at radius 1 is 0.541 bits per heavy atom. The van der Waals surface area contributed by atoms with E-state index in [0.717, 1.165) is 56.6 Å². The number of halogens is 6. The van der Waals surface area contributed by atoms with E-state index in [1.54, 1.807) is 29.2 Å². The molecule has 12 heteroatoms. The molecule has 0 aliphatic heterocycles. The van der Waals surface area contributed by atoms with E-state index in [2.05, 4.69) is 5.32 Å². The minimum atomic E-state index is -5.00. The number of nitrogens with zero attached hydrogens (tertiary/aromatic N) is 1. The molecule has 1 amide bonds. The summed E-state index contributed by atoms with van der Waals surface area (Å²) < 4.78 is 94.0. The molecule has 6 nitrogen and oxygen atoms in total. The maximum absolute atomic E-state index is 13.8. The van der Waals surface area contributed by atoms with Crippen molar-refractivity contribution in [3.63, 3.8) is 0 Å². The van der Waals surface area contributed by atoms with Gasteiger partial charge in [0.2, 0.25) is 0 Å². The lowest BCUT2D eigenvalue weighted by Gasteiger charge is -2.24. The molecule has 0 unspecified atom stereocenters. The molecule has 0 radical (unpaired) electrons. The Labute approximate surface area is 348 Å². The standard InChI is InChI=1S/C49H40F6N2O4/c50-48(51,52)34-24-32(25-35(26-34)49(53,54)55)28-57(23-9-22-56-47(59)61-30-45-42-16-7-3-12-38(42)39-13-4-8-17-43(39)45)27-31-18-20-33(21-19-31)46(58)60-29-44-40-14-5-1-10-36(40)37-11-2-6-15-41(37)44/h1-8,10-21,24-26,44-45H,9,22-23,27-30H2,(H,56,59). The number of alkyl halides is 6. The number of rotatable bonds is 13. The SMILES string of the molecule is O=C(NCCCN(Cc1ccc(C(=O)OCC2c3ccccc3-c3ccccc32)cc1)Cc1cc(C(F)(F)F)cc(C(F)(F)F)c1)OCC1c2ccccc2-c2ccccc21. The summed E-state index contributed by atoms with van der Waals surface area (Å²) in [6, 6.07) is 39.9. The van der Waals surface area contributed by atoms with Crippen LogP contribution in [0, 0.1) is 0 Å². The van der Waals surface area contributed by atoms with Crippen LogP contribution in [-0.2, 0) is 34.9 Å². The zero-order valence-electron chi connectivity index (χ0n) is 32.7. The third-order valence-electron chi connectivity index (χ3n) is 11.3. The molecule has 312 valence electrons. The van der Waals surface area contributed by atoms with Crippen molar-refractivity contribution in [2.45, 2.75) is 43.7 Å². The fourth-order valence-corrected chi connectivity index (χ4v) is 8.41. The van der Waals surface area contributed by atoms with Gasteiger partial charge in [0.05, 0.1) is 16.7 Å². The van der Waals surface area contributed by atoms with Gasteiger partial charge in [-0.15, -0.1) is 0 Å². The van der Waals surface area contributed by atoms with Gasteiger partial charge in [0.1, 0.15) is 13.2 Å². The Hall–Kier alpha value is -6.40. The largest absolute Gasteiger partial charge is 0.461 e. The van der Waals surface area contributed by atoms with Gasteiger partial charge >= 0.3 is 24.4 Å². The van der Waals surface area contributed by atoms with Gasteiger partial charge in [0, 0.05) is 38.0 Å². The van der Waals surface area contributed by atoms with E-state index in [1.807, 2.05) is 97.1 Å². The van der Waals surface area contributed by atoms with Crippen molar-refractivity contribution in [2.24, 2.45) is 0 Å². The van der Waals surface area contributed by atoms with Gasteiger partial charge in [0.15, 0.2) is 0 Å². The Morgan fingerprint density at radius 2 is 0.967 bits per heavy atom. The van der Waals surface area contributed by atoms with Crippen molar-refractivity contribution in [2.75, 3.05) is 26.3 Å². The summed E-state index contributed by atoms with van der Waals surface area (Å²) in [5.74, 6) is -0.803. The molecule has 1 N–H and O–H groups in total. The highest BCUT2D eigenvalue weighted by molar-refractivity contribution is 5.89. The summed E-state index contributed by atoms with van der Waals surface area (Å²) >= 11 is 0. The molecule has 0 atom stereocenters. The number of amides is 1. The molecule has 0 fully saturated rings. The van der Waals surface area contributed by atoms with Gasteiger partial charge < -0.3 is 14.8 Å². The van der Waals surface area contributed by atoms with Crippen LogP contribution in [0.4, 0.5) is 31.1 Å². The molecule has 0 bridgehead atoms. The van der Waals surface area contributed by atoms with Crippen molar-refractivity contribution in [3.8, 4) is 22.3 Å². The average Bonchev–Trinajstić information content (AvgIpc) is 3.75. The first-order valence-corrected chi connectivity index (χ1v) is 19.9. The van der Waals surface area contributed by atoms with Crippen LogP contribution in [0.15, 0.2) is 140 Å². The first-order valence-electron chi connectivity index (χ1n) is 19.9. The van der Waals surface area contributed by atoms with E-state index in [4.69, 9.17) is 9.47 Å².